The van der Waals surface area contributed by atoms with Crippen molar-refractivity contribution in [1.29, 1.82) is 0 Å². The Balaban J connectivity index is 1.16. The molecule has 4 rings (SSSR count). The maximum atomic E-state index is 12.8. The van der Waals surface area contributed by atoms with Crippen LogP contribution in [0.4, 0.5) is 0 Å². The van der Waals surface area contributed by atoms with Gasteiger partial charge in [0.15, 0.2) is 0 Å². The average molecular weight is 480 g/mol. The summed E-state index contributed by atoms with van der Waals surface area (Å²) in [5, 5.41) is 3.11. The van der Waals surface area contributed by atoms with Gasteiger partial charge in [0.1, 0.15) is 5.75 Å². The van der Waals surface area contributed by atoms with Crippen molar-refractivity contribution in [2.24, 2.45) is 5.92 Å². The Morgan fingerprint density at radius 1 is 1.03 bits per heavy atom. The summed E-state index contributed by atoms with van der Waals surface area (Å²) in [5.41, 5.74) is 2.37. The van der Waals surface area contributed by atoms with Crippen LogP contribution in [0, 0.1) is 5.92 Å². The maximum absolute atomic E-state index is 12.8. The first kappa shape index (κ1) is 25.2. The second-order valence-electron chi connectivity index (χ2n) is 9.52. The standard InChI is InChI=1S/C28H37N3O4/c1-22-20-30(15-17-34-22)21-24-7-5-6-23(18-24)19-29-28(33)25-10-13-31(14-11-25)27(32)12-16-35-26-8-3-2-4-9-26/h2-9,18,22,25H,10-17,19-21H2,1H3,(H,29,33). The number of benzene rings is 2. The zero-order chi connectivity index (χ0) is 24.5. The normalized spacial score (nSPS) is 19.3. The van der Waals surface area contributed by atoms with Gasteiger partial charge in [-0.25, -0.2) is 0 Å². The molecule has 2 aromatic rings. The van der Waals surface area contributed by atoms with E-state index in [0.29, 0.717) is 45.5 Å². The molecule has 0 bridgehead atoms. The zero-order valence-electron chi connectivity index (χ0n) is 20.7. The molecule has 2 aliphatic rings. The molecule has 0 saturated carbocycles. The fraction of sp³-hybridized carbons (Fsp3) is 0.500. The highest BCUT2D eigenvalue weighted by Gasteiger charge is 2.27. The number of amides is 2. The predicted molar refractivity (Wildman–Crippen MR) is 135 cm³/mol. The second-order valence-corrected chi connectivity index (χ2v) is 9.52. The molecule has 7 heteroatoms. The number of hydrogen-bond acceptors (Lipinski definition) is 5. The van der Waals surface area contributed by atoms with Crippen LogP contribution in [0.1, 0.15) is 37.3 Å². The summed E-state index contributed by atoms with van der Waals surface area (Å²) in [4.78, 5) is 29.5. The van der Waals surface area contributed by atoms with Crippen molar-refractivity contribution in [3.05, 3.63) is 65.7 Å². The van der Waals surface area contributed by atoms with Crippen molar-refractivity contribution in [2.75, 3.05) is 39.4 Å². The van der Waals surface area contributed by atoms with Crippen LogP contribution >= 0.6 is 0 Å². The summed E-state index contributed by atoms with van der Waals surface area (Å²) in [6.45, 7) is 7.83. The lowest BCUT2D eigenvalue weighted by Crippen LogP contribution is -2.43. The topological polar surface area (TPSA) is 71.1 Å². The number of nitrogens with zero attached hydrogens (tertiary/aromatic N) is 2. The van der Waals surface area contributed by atoms with Gasteiger partial charge in [-0.1, -0.05) is 42.5 Å². The molecule has 7 nitrogen and oxygen atoms in total. The SMILES string of the molecule is CC1CN(Cc2cccc(CNC(=O)C3CCN(C(=O)CCOc4ccccc4)CC3)c2)CCO1. The Kier molecular flexibility index (Phi) is 9.15. The number of likely N-dealkylation sites (tertiary alicyclic amines) is 1. The molecule has 2 aliphatic heterocycles. The third-order valence-electron chi connectivity index (χ3n) is 6.74. The number of morpholine rings is 1. The van der Waals surface area contributed by atoms with E-state index in [1.165, 1.54) is 5.56 Å². The third-order valence-corrected chi connectivity index (χ3v) is 6.74. The van der Waals surface area contributed by atoms with Gasteiger partial charge >= 0.3 is 0 Å². The number of hydrogen-bond donors (Lipinski definition) is 1. The molecule has 188 valence electrons. The molecule has 2 amide bonds. The van der Waals surface area contributed by atoms with Crippen LogP contribution in [0.25, 0.3) is 0 Å². The van der Waals surface area contributed by atoms with Crippen molar-refractivity contribution < 1.29 is 19.1 Å². The number of para-hydroxylation sites is 1. The average Bonchev–Trinajstić information content (AvgIpc) is 2.88. The van der Waals surface area contributed by atoms with Crippen LogP contribution in [0.5, 0.6) is 5.75 Å². The van der Waals surface area contributed by atoms with Crippen LogP contribution in [0.3, 0.4) is 0 Å². The van der Waals surface area contributed by atoms with Gasteiger partial charge in [-0.3, -0.25) is 14.5 Å². The molecule has 1 N–H and O–H groups in total. The van der Waals surface area contributed by atoms with Crippen LogP contribution in [-0.2, 0) is 27.4 Å². The molecular formula is C28H37N3O4. The first-order valence-corrected chi connectivity index (χ1v) is 12.7. The van der Waals surface area contributed by atoms with Crippen LogP contribution in [-0.4, -0.2) is 67.1 Å². The number of nitrogens with one attached hydrogen (secondary N) is 1. The van der Waals surface area contributed by atoms with Crippen molar-refractivity contribution in [3.8, 4) is 5.75 Å². The highest BCUT2D eigenvalue weighted by molar-refractivity contribution is 5.80. The molecule has 1 atom stereocenters. The summed E-state index contributed by atoms with van der Waals surface area (Å²) in [6, 6.07) is 18.0. The molecule has 0 radical (unpaired) electrons. The van der Waals surface area contributed by atoms with E-state index in [0.717, 1.165) is 37.6 Å². The number of ether oxygens (including phenoxy) is 2. The Hall–Kier alpha value is -2.90. The molecule has 2 heterocycles. The van der Waals surface area contributed by atoms with Gasteiger partial charge in [-0.2, -0.15) is 0 Å². The van der Waals surface area contributed by atoms with Crippen LogP contribution in [0.15, 0.2) is 54.6 Å². The number of rotatable bonds is 9. The minimum atomic E-state index is -0.0439. The number of piperidine rings is 1. The molecule has 2 saturated heterocycles. The maximum Gasteiger partial charge on any atom is 0.225 e. The summed E-state index contributed by atoms with van der Waals surface area (Å²) >= 11 is 0. The minimum Gasteiger partial charge on any atom is -0.493 e. The van der Waals surface area contributed by atoms with Gasteiger partial charge in [0.25, 0.3) is 0 Å². The highest BCUT2D eigenvalue weighted by Crippen LogP contribution is 2.19. The number of carbonyl (C=O) groups excluding carboxylic acids is 2. The highest BCUT2D eigenvalue weighted by atomic mass is 16.5. The third kappa shape index (κ3) is 7.80. The van der Waals surface area contributed by atoms with E-state index in [-0.39, 0.29) is 23.8 Å². The molecule has 2 fully saturated rings. The predicted octanol–water partition coefficient (Wildman–Crippen LogP) is 3.23. The molecule has 2 aromatic carbocycles. The molecule has 35 heavy (non-hydrogen) atoms. The lowest BCUT2D eigenvalue weighted by Gasteiger charge is -2.31. The Morgan fingerprint density at radius 2 is 1.80 bits per heavy atom. The monoisotopic (exact) mass is 479 g/mol. The molecule has 0 aromatic heterocycles. The van der Waals surface area contributed by atoms with Gasteiger partial charge in [-0.15, -0.1) is 0 Å². The lowest BCUT2D eigenvalue weighted by molar-refractivity contribution is -0.136. The zero-order valence-corrected chi connectivity index (χ0v) is 20.7. The summed E-state index contributed by atoms with van der Waals surface area (Å²) in [6.07, 6.45) is 2.03. The molecule has 1 unspecified atom stereocenters. The van der Waals surface area contributed by atoms with Crippen molar-refractivity contribution >= 4 is 11.8 Å². The van der Waals surface area contributed by atoms with E-state index in [2.05, 4.69) is 41.4 Å². The quantitative estimate of drug-likeness (QED) is 0.598. The van der Waals surface area contributed by atoms with Crippen molar-refractivity contribution in [1.82, 2.24) is 15.1 Å². The van der Waals surface area contributed by atoms with Crippen LogP contribution in [0.2, 0.25) is 0 Å². The van der Waals surface area contributed by atoms with Gasteiger partial charge in [0, 0.05) is 45.2 Å². The van der Waals surface area contributed by atoms with E-state index in [4.69, 9.17) is 9.47 Å². The van der Waals surface area contributed by atoms with Gasteiger partial charge < -0.3 is 19.7 Å². The largest absolute Gasteiger partial charge is 0.493 e. The Morgan fingerprint density at radius 3 is 2.57 bits per heavy atom. The molecule has 0 aliphatic carbocycles. The first-order valence-electron chi connectivity index (χ1n) is 12.7. The Labute approximate surface area is 208 Å². The first-order chi connectivity index (χ1) is 17.1. The van der Waals surface area contributed by atoms with Gasteiger partial charge in [-0.05, 0) is 43.0 Å². The van der Waals surface area contributed by atoms with Crippen molar-refractivity contribution in [2.45, 2.75) is 45.4 Å². The molecule has 0 spiro atoms. The fourth-order valence-electron chi connectivity index (χ4n) is 4.79. The lowest BCUT2D eigenvalue weighted by atomic mass is 9.95. The second kappa shape index (κ2) is 12.7. The minimum absolute atomic E-state index is 0.0439. The van der Waals surface area contributed by atoms with Gasteiger partial charge in [0.2, 0.25) is 11.8 Å². The van der Waals surface area contributed by atoms with E-state index >= 15 is 0 Å². The van der Waals surface area contributed by atoms with E-state index in [1.54, 1.807) is 0 Å². The number of carbonyl (C=O) groups is 2. The smallest absolute Gasteiger partial charge is 0.225 e. The summed E-state index contributed by atoms with van der Waals surface area (Å²) in [7, 11) is 0. The Bertz CT molecular complexity index is 960. The van der Waals surface area contributed by atoms with E-state index in [1.807, 2.05) is 35.2 Å². The molecular weight excluding hydrogens is 442 g/mol. The van der Waals surface area contributed by atoms with E-state index in [9.17, 15) is 9.59 Å². The van der Waals surface area contributed by atoms with Gasteiger partial charge in [0.05, 0.1) is 25.7 Å². The fourth-order valence-corrected chi connectivity index (χ4v) is 4.79. The van der Waals surface area contributed by atoms with Crippen molar-refractivity contribution in [3.63, 3.8) is 0 Å². The summed E-state index contributed by atoms with van der Waals surface area (Å²) in [5.74, 6) is 0.901. The van der Waals surface area contributed by atoms with E-state index < -0.39 is 0 Å². The summed E-state index contributed by atoms with van der Waals surface area (Å²) < 4.78 is 11.3. The van der Waals surface area contributed by atoms with Crippen LogP contribution < -0.4 is 10.1 Å².